The Morgan fingerprint density at radius 3 is 2.42 bits per heavy atom. The van der Waals surface area contributed by atoms with Gasteiger partial charge in [0.05, 0.1) is 23.3 Å². The van der Waals surface area contributed by atoms with Crippen molar-refractivity contribution in [1.29, 1.82) is 0 Å². The minimum atomic E-state index is -1.05. The van der Waals surface area contributed by atoms with Gasteiger partial charge in [0, 0.05) is 12.3 Å². The molecule has 0 unspecified atom stereocenters. The summed E-state index contributed by atoms with van der Waals surface area (Å²) in [7, 11) is 0. The number of fused-ring (bicyclic) bond motifs is 1. The van der Waals surface area contributed by atoms with Gasteiger partial charge in [-0.1, -0.05) is 68.7 Å². The van der Waals surface area contributed by atoms with Gasteiger partial charge in [-0.05, 0) is 30.5 Å². The number of aromatic nitrogens is 2. The summed E-state index contributed by atoms with van der Waals surface area (Å²) in [5.74, 6) is -1.60. The number of carbonyl (C=O) groups is 2. The van der Waals surface area contributed by atoms with Crippen molar-refractivity contribution in [3.05, 3.63) is 72.1 Å². The van der Waals surface area contributed by atoms with Gasteiger partial charge in [0.25, 0.3) is 0 Å². The second-order valence-electron chi connectivity index (χ2n) is 8.28. The van der Waals surface area contributed by atoms with Crippen LogP contribution in [0.3, 0.4) is 0 Å². The summed E-state index contributed by atoms with van der Waals surface area (Å²) in [4.78, 5) is 33.5. The molecule has 7 heteroatoms. The highest BCUT2D eigenvalue weighted by Gasteiger charge is 2.29. The maximum atomic E-state index is 12.9. The molecule has 0 bridgehead atoms. The standard InChI is InChI=1S/C26H31N3O4/c1-2-3-5-12-19(25(27)31)16-23(30)24(15-18-10-6-4-7-11-18)33-26(32)22-17-28-20-13-8-9-14-21(20)29-22/h4,6-11,13-14,17,19,23-24,30H,2-3,5,12,15-16H2,1H3,(H2,27,31)/t19-,23+,24+/m1/s1. The Morgan fingerprint density at radius 1 is 1.03 bits per heavy atom. The number of benzene rings is 2. The van der Waals surface area contributed by atoms with E-state index < -0.39 is 30.0 Å². The maximum Gasteiger partial charge on any atom is 0.358 e. The lowest BCUT2D eigenvalue weighted by Crippen LogP contribution is -2.37. The fourth-order valence-corrected chi connectivity index (χ4v) is 3.82. The largest absolute Gasteiger partial charge is 0.454 e. The summed E-state index contributed by atoms with van der Waals surface area (Å²) in [5.41, 5.74) is 7.81. The van der Waals surface area contributed by atoms with E-state index in [0.29, 0.717) is 23.9 Å². The van der Waals surface area contributed by atoms with E-state index in [1.165, 1.54) is 6.20 Å². The minimum Gasteiger partial charge on any atom is -0.454 e. The third-order valence-corrected chi connectivity index (χ3v) is 5.71. The van der Waals surface area contributed by atoms with E-state index in [9.17, 15) is 14.7 Å². The number of rotatable bonds is 12. The summed E-state index contributed by atoms with van der Waals surface area (Å²) in [6.45, 7) is 2.08. The van der Waals surface area contributed by atoms with Crippen molar-refractivity contribution in [2.24, 2.45) is 11.7 Å². The van der Waals surface area contributed by atoms with E-state index in [0.717, 1.165) is 24.8 Å². The summed E-state index contributed by atoms with van der Waals surface area (Å²) in [6.07, 6.45) is 3.35. The van der Waals surface area contributed by atoms with Crippen LogP contribution in [0.15, 0.2) is 60.8 Å². The Balaban J connectivity index is 1.77. The lowest BCUT2D eigenvalue weighted by Gasteiger charge is -2.26. The van der Waals surface area contributed by atoms with Crippen LogP contribution in [0.1, 0.15) is 55.1 Å². The van der Waals surface area contributed by atoms with Crippen LogP contribution in [0, 0.1) is 5.92 Å². The Hall–Kier alpha value is -3.32. The Kier molecular flexibility index (Phi) is 8.89. The van der Waals surface area contributed by atoms with Crippen LogP contribution in [-0.4, -0.2) is 39.2 Å². The number of aliphatic hydroxyl groups is 1. The molecule has 174 valence electrons. The highest BCUT2D eigenvalue weighted by molar-refractivity contribution is 5.89. The van der Waals surface area contributed by atoms with E-state index >= 15 is 0 Å². The van der Waals surface area contributed by atoms with Crippen LogP contribution in [0.5, 0.6) is 0 Å². The highest BCUT2D eigenvalue weighted by atomic mass is 16.6. The zero-order valence-corrected chi connectivity index (χ0v) is 18.9. The molecule has 2 aromatic carbocycles. The van der Waals surface area contributed by atoms with Gasteiger partial charge in [-0.25, -0.2) is 9.78 Å². The zero-order valence-electron chi connectivity index (χ0n) is 18.9. The number of primary amides is 1. The van der Waals surface area contributed by atoms with Gasteiger partial charge in [-0.3, -0.25) is 9.78 Å². The number of hydrogen-bond donors (Lipinski definition) is 2. The zero-order chi connectivity index (χ0) is 23.6. The summed E-state index contributed by atoms with van der Waals surface area (Å²) in [6, 6.07) is 16.7. The van der Waals surface area contributed by atoms with Gasteiger partial charge in [0.2, 0.25) is 5.91 Å². The number of nitrogens with two attached hydrogens (primary N) is 1. The molecule has 3 N–H and O–H groups in total. The number of aliphatic hydroxyl groups excluding tert-OH is 1. The molecule has 0 radical (unpaired) electrons. The van der Waals surface area contributed by atoms with Crippen LogP contribution < -0.4 is 5.73 Å². The fraction of sp³-hybridized carbons (Fsp3) is 0.385. The number of para-hydroxylation sites is 2. The van der Waals surface area contributed by atoms with Gasteiger partial charge in [-0.15, -0.1) is 0 Å². The summed E-state index contributed by atoms with van der Waals surface area (Å²) < 4.78 is 5.71. The molecule has 0 aliphatic heterocycles. The molecule has 3 rings (SSSR count). The molecule has 0 spiro atoms. The van der Waals surface area contributed by atoms with E-state index in [2.05, 4.69) is 16.9 Å². The monoisotopic (exact) mass is 449 g/mol. The smallest absolute Gasteiger partial charge is 0.358 e. The number of nitrogens with zero attached hydrogens (tertiary/aromatic N) is 2. The molecule has 7 nitrogen and oxygen atoms in total. The quantitative estimate of drug-likeness (QED) is 0.321. The molecule has 33 heavy (non-hydrogen) atoms. The summed E-state index contributed by atoms with van der Waals surface area (Å²) >= 11 is 0. The number of hydrogen-bond acceptors (Lipinski definition) is 6. The minimum absolute atomic E-state index is 0.0633. The number of amides is 1. The molecule has 1 amide bonds. The van der Waals surface area contributed by atoms with Crippen LogP contribution in [0.4, 0.5) is 0 Å². The molecule has 3 aromatic rings. The third kappa shape index (κ3) is 7.08. The maximum absolute atomic E-state index is 12.9. The molecular weight excluding hydrogens is 418 g/mol. The van der Waals surface area contributed by atoms with Crippen LogP contribution >= 0.6 is 0 Å². The highest BCUT2D eigenvalue weighted by Crippen LogP contribution is 2.21. The first-order valence-electron chi connectivity index (χ1n) is 11.4. The topological polar surface area (TPSA) is 115 Å². The van der Waals surface area contributed by atoms with Crippen molar-refractivity contribution in [1.82, 2.24) is 9.97 Å². The Morgan fingerprint density at radius 2 is 1.73 bits per heavy atom. The molecule has 1 heterocycles. The van der Waals surface area contributed by atoms with Crippen molar-refractivity contribution in [2.45, 2.75) is 57.7 Å². The van der Waals surface area contributed by atoms with E-state index in [-0.39, 0.29) is 12.1 Å². The second kappa shape index (κ2) is 12.1. The van der Waals surface area contributed by atoms with Crippen LogP contribution in [-0.2, 0) is 16.0 Å². The molecule has 0 saturated carbocycles. The van der Waals surface area contributed by atoms with E-state index in [4.69, 9.17) is 10.5 Å². The van der Waals surface area contributed by atoms with Gasteiger partial charge in [-0.2, -0.15) is 0 Å². The lowest BCUT2D eigenvalue weighted by atomic mass is 9.90. The van der Waals surface area contributed by atoms with Gasteiger partial charge in [0.15, 0.2) is 5.69 Å². The lowest BCUT2D eigenvalue weighted by molar-refractivity contribution is -0.123. The van der Waals surface area contributed by atoms with Crippen LogP contribution in [0.25, 0.3) is 11.0 Å². The van der Waals surface area contributed by atoms with Crippen LogP contribution in [0.2, 0.25) is 0 Å². The fourth-order valence-electron chi connectivity index (χ4n) is 3.82. The number of esters is 1. The van der Waals surface area contributed by atoms with E-state index in [1.54, 1.807) is 6.07 Å². The normalized spacial score (nSPS) is 13.9. The molecule has 0 fully saturated rings. The Bertz CT molecular complexity index is 1060. The second-order valence-corrected chi connectivity index (χ2v) is 8.28. The van der Waals surface area contributed by atoms with Gasteiger partial charge in [0.1, 0.15) is 6.10 Å². The first-order chi connectivity index (χ1) is 16.0. The van der Waals surface area contributed by atoms with Gasteiger partial charge >= 0.3 is 5.97 Å². The third-order valence-electron chi connectivity index (χ3n) is 5.71. The molecule has 0 aliphatic carbocycles. The van der Waals surface area contributed by atoms with Crippen molar-refractivity contribution in [3.63, 3.8) is 0 Å². The molecular formula is C26H31N3O4. The van der Waals surface area contributed by atoms with Crippen molar-refractivity contribution in [2.75, 3.05) is 0 Å². The average molecular weight is 450 g/mol. The molecule has 0 saturated heterocycles. The van der Waals surface area contributed by atoms with Crippen molar-refractivity contribution < 1.29 is 19.4 Å². The first kappa shape index (κ1) is 24.3. The predicted octanol–water partition coefficient (Wildman–Crippen LogP) is 3.83. The molecule has 1 aromatic heterocycles. The number of ether oxygens (including phenoxy) is 1. The summed E-state index contributed by atoms with van der Waals surface area (Å²) in [5, 5.41) is 11.0. The number of unbranched alkanes of at least 4 members (excludes halogenated alkanes) is 2. The molecule has 0 aliphatic rings. The Labute approximate surface area is 194 Å². The SMILES string of the molecule is CCCCC[C@H](C[C@H](O)[C@H](Cc1ccccc1)OC(=O)c1cnc2ccccc2n1)C(N)=O. The van der Waals surface area contributed by atoms with Crippen molar-refractivity contribution >= 4 is 22.9 Å². The van der Waals surface area contributed by atoms with E-state index in [1.807, 2.05) is 48.5 Å². The predicted molar refractivity (Wildman–Crippen MR) is 126 cm³/mol. The van der Waals surface area contributed by atoms with Gasteiger partial charge < -0.3 is 15.6 Å². The first-order valence-corrected chi connectivity index (χ1v) is 11.4. The van der Waals surface area contributed by atoms with Crippen molar-refractivity contribution in [3.8, 4) is 0 Å². The average Bonchev–Trinajstić information content (AvgIpc) is 2.83. The molecule has 3 atom stereocenters. The number of carbonyl (C=O) groups excluding carboxylic acids is 2.